The molecule has 0 saturated heterocycles. The number of hydrogen-bond acceptors (Lipinski definition) is 5. The lowest BCUT2D eigenvalue weighted by molar-refractivity contribution is 0.750. The normalized spacial score (nSPS) is 11.2. The van der Waals surface area contributed by atoms with Crippen molar-refractivity contribution in [3.63, 3.8) is 0 Å². The number of aromatic nitrogens is 6. The van der Waals surface area contributed by atoms with Crippen molar-refractivity contribution in [1.82, 2.24) is 29.5 Å². The minimum Gasteiger partial charge on any atom is -0.298 e. The molecule has 0 unspecified atom stereocenters. The first kappa shape index (κ1) is 17.0. The molecule has 0 spiro atoms. The summed E-state index contributed by atoms with van der Waals surface area (Å²) in [7, 11) is 3.60. The van der Waals surface area contributed by atoms with Gasteiger partial charge in [0.25, 0.3) is 5.56 Å². The summed E-state index contributed by atoms with van der Waals surface area (Å²) in [5.41, 5.74) is 2.73. The number of nitrogens with zero attached hydrogens (tertiary/aromatic N) is 6. The molecule has 1 N–H and O–H groups in total. The van der Waals surface area contributed by atoms with Gasteiger partial charge in [-0.05, 0) is 18.6 Å². The van der Waals surface area contributed by atoms with Crippen molar-refractivity contribution in [3.8, 4) is 5.69 Å². The summed E-state index contributed by atoms with van der Waals surface area (Å²) in [6.45, 7) is 2.08. The number of para-hydroxylation sites is 1. The van der Waals surface area contributed by atoms with Crippen molar-refractivity contribution >= 4 is 22.8 Å². The third kappa shape index (κ3) is 2.99. The molecule has 8 nitrogen and oxygen atoms in total. The van der Waals surface area contributed by atoms with E-state index in [-0.39, 0.29) is 5.56 Å². The molecule has 3 aromatic heterocycles. The Balaban J connectivity index is 1.75. The number of benzene rings is 1. The van der Waals surface area contributed by atoms with Crippen molar-refractivity contribution in [3.05, 3.63) is 58.6 Å². The van der Waals surface area contributed by atoms with Crippen molar-refractivity contribution in [2.24, 2.45) is 7.05 Å². The molecule has 0 aliphatic carbocycles. The number of hydrogen-bond donors (Lipinski definition) is 1. The second kappa shape index (κ2) is 6.71. The van der Waals surface area contributed by atoms with Crippen LogP contribution in [0, 0.1) is 0 Å². The monoisotopic (exact) mass is 363 g/mol. The number of anilines is 2. The van der Waals surface area contributed by atoms with Crippen molar-refractivity contribution < 1.29 is 0 Å². The predicted octanol–water partition coefficient (Wildman–Crippen LogP) is 2.56. The van der Waals surface area contributed by atoms with Crippen LogP contribution in [0.2, 0.25) is 0 Å². The van der Waals surface area contributed by atoms with Gasteiger partial charge in [0.15, 0.2) is 11.3 Å². The molecular formula is C19H21N7O. The maximum Gasteiger partial charge on any atom is 0.278 e. The smallest absolute Gasteiger partial charge is 0.278 e. The summed E-state index contributed by atoms with van der Waals surface area (Å²) in [5, 5.41) is 9.04. The molecule has 0 aliphatic rings. The molecule has 0 atom stereocenters. The molecule has 0 aliphatic heterocycles. The average Bonchev–Trinajstić information content (AvgIpc) is 3.28. The standard InChI is InChI=1S/C19H21N7O/c1-4-8-14-16-17(25(3)22-14)18(27)21-19(20-16)24(2)15-11-12-26(23-15)13-9-6-5-7-10-13/h5-7,9-12H,4,8H2,1-3H3,(H,20,21,27). The molecule has 8 heteroatoms. The van der Waals surface area contributed by atoms with Crippen LogP contribution in [0.25, 0.3) is 16.7 Å². The maximum atomic E-state index is 12.6. The van der Waals surface area contributed by atoms with Gasteiger partial charge in [-0.1, -0.05) is 31.5 Å². The van der Waals surface area contributed by atoms with Gasteiger partial charge in [-0.2, -0.15) is 5.10 Å². The second-order valence-corrected chi connectivity index (χ2v) is 6.42. The first-order valence-electron chi connectivity index (χ1n) is 8.89. The van der Waals surface area contributed by atoms with E-state index in [9.17, 15) is 4.79 Å². The highest BCUT2D eigenvalue weighted by Crippen LogP contribution is 2.21. The van der Waals surface area contributed by atoms with E-state index in [0.29, 0.717) is 22.8 Å². The second-order valence-electron chi connectivity index (χ2n) is 6.42. The Hall–Kier alpha value is -3.42. The van der Waals surface area contributed by atoms with E-state index in [4.69, 9.17) is 0 Å². The minimum absolute atomic E-state index is 0.207. The highest BCUT2D eigenvalue weighted by molar-refractivity contribution is 5.78. The van der Waals surface area contributed by atoms with E-state index in [0.717, 1.165) is 24.2 Å². The first-order chi connectivity index (χ1) is 13.1. The van der Waals surface area contributed by atoms with Crippen LogP contribution in [0.5, 0.6) is 0 Å². The number of H-pyrrole nitrogens is 1. The molecule has 0 amide bonds. The van der Waals surface area contributed by atoms with Crippen LogP contribution < -0.4 is 10.5 Å². The summed E-state index contributed by atoms with van der Waals surface area (Å²) in [6.07, 6.45) is 3.59. The van der Waals surface area contributed by atoms with E-state index >= 15 is 0 Å². The lowest BCUT2D eigenvalue weighted by Crippen LogP contribution is -2.20. The Kier molecular flexibility index (Phi) is 4.23. The molecule has 0 bridgehead atoms. The van der Waals surface area contributed by atoms with Crippen LogP contribution in [0.3, 0.4) is 0 Å². The fraction of sp³-hybridized carbons (Fsp3) is 0.263. The zero-order valence-electron chi connectivity index (χ0n) is 15.5. The Morgan fingerprint density at radius 2 is 1.93 bits per heavy atom. The highest BCUT2D eigenvalue weighted by atomic mass is 16.1. The van der Waals surface area contributed by atoms with Crippen LogP contribution in [0.4, 0.5) is 11.8 Å². The van der Waals surface area contributed by atoms with Crippen LogP contribution >= 0.6 is 0 Å². The molecular weight excluding hydrogens is 342 g/mol. The molecule has 0 fully saturated rings. The number of nitrogens with one attached hydrogen (secondary N) is 1. The van der Waals surface area contributed by atoms with Crippen molar-refractivity contribution in [2.75, 3.05) is 11.9 Å². The van der Waals surface area contributed by atoms with Gasteiger partial charge in [-0.3, -0.25) is 19.4 Å². The summed E-state index contributed by atoms with van der Waals surface area (Å²) in [4.78, 5) is 21.9. The van der Waals surface area contributed by atoms with Gasteiger partial charge in [0.05, 0.1) is 11.4 Å². The average molecular weight is 363 g/mol. The quantitative estimate of drug-likeness (QED) is 0.589. The third-order valence-corrected chi connectivity index (χ3v) is 4.49. The van der Waals surface area contributed by atoms with Gasteiger partial charge >= 0.3 is 0 Å². The lowest BCUT2D eigenvalue weighted by atomic mass is 10.2. The maximum absolute atomic E-state index is 12.6. The number of aryl methyl sites for hydroxylation is 2. The SMILES string of the molecule is CCCc1nn(C)c2c(=O)[nH]c(N(C)c3ccn(-c4ccccc4)n3)nc12. The Labute approximate surface area is 156 Å². The summed E-state index contributed by atoms with van der Waals surface area (Å²) in [5.74, 6) is 1.12. The zero-order chi connectivity index (χ0) is 19.0. The summed E-state index contributed by atoms with van der Waals surface area (Å²) in [6, 6.07) is 11.7. The zero-order valence-corrected chi connectivity index (χ0v) is 15.5. The van der Waals surface area contributed by atoms with E-state index in [2.05, 4.69) is 27.1 Å². The number of rotatable bonds is 5. The molecule has 1 aromatic carbocycles. The number of fused-ring (bicyclic) bond motifs is 1. The largest absolute Gasteiger partial charge is 0.298 e. The molecule has 4 aromatic rings. The molecule has 27 heavy (non-hydrogen) atoms. The van der Waals surface area contributed by atoms with Gasteiger partial charge < -0.3 is 0 Å². The van der Waals surface area contributed by atoms with Gasteiger partial charge in [-0.25, -0.2) is 9.67 Å². The molecule has 0 saturated carbocycles. The summed E-state index contributed by atoms with van der Waals surface area (Å²) >= 11 is 0. The molecule has 4 rings (SSSR count). The summed E-state index contributed by atoms with van der Waals surface area (Å²) < 4.78 is 3.38. The molecule has 0 radical (unpaired) electrons. The number of aromatic amines is 1. The Morgan fingerprint density at radius 3 is 2.67 bits per heavy atom. The third-order valence-electron chi connectivity index (χ3n) is 4.49. The van der Waals surface area contributed by atoms with Crippen LogP contribution in [-0.2, 0) is 13.5 Å². The van der Waals surface area contributed by atoms with Gasteiger partial charge in [0, 0.05) is 26.4 Å². The van der Waals surface area contributed by atoms with Gasteiger partial charge in [0.2, 0.25) is 5.95 Å². The Morgan fingerprint density at radius 1 is 1.15 bits per heavy atom. The Bertz CT molecular complexity index is 1140. The fourth-order valence-corrected chi connectivity index (χ4v) is 3.13. The first-order valence-corrected chi connectivity index (χ1v) is 8.89. The highest BCUT2D eigenvalue weighted by Gasteiger charge is 2.17. The van der Waals surface area contributed by atoms with Crippen molar-refractivity contribution in [2.45, 2.75) is 19.8 Å². The van der Waals surface area contributed by atoms with Gasteiger partial charge in [-0.15, -0.1) is 5.10 Å². The van der Waals surface area contributed by atoms with Crippen molar-refractivity contribution in [1.29, 1.82) is 0 Å². The lowest BCUT2D eigenvalue weighted by Gasteiger charge is -2.14. The predicted molar refractivity (Wildman–Crippen MR) is 105 cm³/mol. The van der Waals surface area contributed by atoms with E-state index < -0.39 is 0 Å². The van der Waals surface area contributed by atoms with E-state index in [1.807, 2.05) is 49.6 Å². The topological polar surface area (TPSA) is 84.6 Å². The molecule has 3 heterocycles. The minimum atomic E-state index is -0.207. The van der Waals surface area contributed by atoms with Crippen LogP contribution in [0.1, 0.15) is 19.0 Å². The van der Waals surface area contributed by atoms with E-state index in [1.54, 1.807) is 21.3 Å². The van der Waals surface area contributed by atoms with Crippen LogP contribution in [-0.4, -0.2) is 36.6 Å². The van der Waals surface area contributed by atoms with E-state index in [1.165, 1.54) is 0 Å². The fourth-order valence-electron chi connectivity index (χ4n) is 3.13. The van der Waals surface area contributed by atoms with Crippen LogP contribution in [0.15, 0.2) is 47.4 Å². The van der Waals surface area contributed by atoms with Gasteiger partial charge in [0.1, 0.15) is 5.52 Å². The molecule has 138 valence electrons.